The normalized spacial score (nSPS) is 18.4. The molecule has 4 nitrogen and oxygen atoms in total. The summed E-state index contributed by atoms with van der Waals surface area (Å²) in [6.45, 7) is 7.28. The highest BCUT2D eigenvalue weighted by atomic mass is 35.5. The fourth-order valence-electron chi connectivity index (χ4n) is 3.03. The van der Waals surface area contributed by atoms with Gasteiger partial charge in [0.2, 0.25) is 0 Å². The summed E-state index contributed by atoms with van der Waals surface area (Å²) >= 11 is 6.17. The maximum atomic E-state index is 10.8. The molecule has 110 valence electrons. The lowest BCUT2D eigenvalue weighted by Crippen LogP contribution is -2.26. The molecule has 1 aromatic carbocycles. The average Bonchev–Trinajstić information content (AvgIpc) is 2.85. The van der Waals surface area contributed by atoms with Crippen molar-refractivity contribution in [2.75, 3.05) is 13.1 Å². The Morgan fingerprint density at radius 1 is 1.40 bits per heavy atom. The fraction of sp³-hybridized carbons (Fsp3) is 0.600. The smallest absolute Gasteiger partial charge is 0.269 e. The van der Waals surface area contributed by atoms with E-state index in [-0.39, 0.29) is 10.6 Å². The number of hydrogen-bond donors (Lipinski definition) is 0. The topological polar surface area (TPSA) is 46.4 Å². The highest BCUT2D eigenvalue weighted by Crippen LogP contribution is 2.38. The second kappa shape index (κ2) is 6.10. The van der Waals surface area contributed by atoms with Gasteiger partial charge in [-0.15, -0.1) is 0 Å². The molecule has 0 radical (unpaired) electrons. The van der Waals surface area contributed by atoms with E-state index < -0.39 is 0 Å². The number of likely N-dealkylation sites (tertiary alicyclic amines) is 1. The first kappa shape index (κ1) is 15.3. The largest absolute Gasteiger partial charge is 0.298 e. The Balaban J connectivity index is 2.11. The second-order valence-electron chi connectivity index (χ2n) is 5.70. The molecule has 0 aromatic heterocycles. The van der Waals surface area contributed by atoms with Gasteiger partial charge in [-0.3, -0.25) is 15.0 Å². The third-order valence-corrected chi connectivity index (χ3v) is 5.02. The molecule has 5 heteroatoms. The lowest BCUT2D eigenvalue weighted by Gasteiger charge is -2.26. The summed E-state index contributed by atoms with van der Waals surface area (Å²) in [5, 5.41) is 11.5. The van der Waals surface area contributed by atoms with Crippen molar-refractivity contribution in [1.29, 1.82) is 0 Å². The molecule has 1 aliphatic rings. The molecule has 2 rings (SSSR count). The van der Waals surface area contributed by atoms with Crippen LogP contribution in [0.4, 0.5) is 5.69 Å². The highest BCUT2D eigenvalue weighted by molar-refractivity contribution is 6.31. The van der Waals surface area contributed by atoms with E-state index in [1.165, 1.54) is 25.3 Å². The minimum Gasteiger partial charge on any atom is -0.298 e. The number of rotatable bonds is 5. The Hall–Kier alpha value is -1.13. The minimum atomic E-state index is -0.369. The van der Waals surface area contributed by atoms with E-state index in [0.29, 0.717) is 17.0 Å². The van der Waals surface area contributed by atoms with Crippen LogP contribution in [0, 0.1) is 15.5 Å². The summed E-state index contributed by atoms with van der Waals surface area (Å²) in [5.74, 6) is 0. The summed E-state index contributed by atoms with van der Waals surface area (Å²) in [5.41, 5.74) is 1.37. The lowest BCUT2D eigenvalue weighted by atomic mass is 9.82. The van der Waals surface area contributed by atoms with Crippen molar-refractivity contribution in [2.24, 2.45) is 5.41 Å². The van der Waals surface area contributed by atoms with Gasteiger partial charge in [-0.2, -0.15) is 0 Å². The molecule has 0 N–H and O–H groups in total. The van der Waals surface area contributed by atoms with Crippen molar-refractivity contribution in [2.45, 2.75) is 39.7 Å². The predicted molar refractivity (Wildman–Crippen MR) is 81.0 cm³/mol. The molecule has 1 aromatic rings. The molecule has 20 heavy (non-hydrogen) atoms. The first-order chi connectivity index (χ1) is 9.49. The van der Waals surface area contributed by atoms with Gasteiger partial charge in [0, 0.05) is 30.2 Å². The van der Waals surface area contributed by atoms with E-state index in [1.54, 1.807) is 12.1 Å². The van der Waals surface area contributed by atoms with Crippen molar-refractivity contribution in [3.8, 4) is 0 Å². The molecule has 0 aliphatic carbocycles. The molecule has 1 aliphatic heterocycles. The first-order valence-corrected chi connectivity index (χ1v) is 7.52. The molecular formula is C15H21ClN2O2. The first-order valence-electron chi connectivity index (χ1n) is 7.15. The number of nitro groups is 1. The summed E-state index contributed by atoms with van der Waals surface area (Å²) in [6, 6.07) is 4.68. The van der Waals surface area contributed by atoms with Crippen molar-refractivity contribution in [3.63, 3.8) is 0 Å². The zero-order chi connectivity index (χ0) is 14.8. The number of benzene rings is 1. The third-order valence-electron chi connectivity index (χ3n) is 4.65. The lowest BCUT2D eigenvalue weighted by molar-refractivity contribution is -0.384. The van der Waals surface area contributed by atoms with Crippen molar-refractivity contribution in [1.82, 2.24) is 4.90 Å². The monoisotopic (exact) mass is 296 g/mol. The molecule has 0 saturated carbocycles. The summed E-state index contributed by atoms with van der Waals surface area (Å²) in [4.78, 5) is 12.8. The van der Waals surface area contributed by atoms with Gasteiger partial charge in [0.05, 0.1) is 4.92 Å². The Bertz CT molecular complexity index is 501. The van der Waals surface area contributed by atoms with E-state index in [0.717, 1.165) is 18.7 Å². The van der Waals surface area contributed by atoms with Gasteiger partial charge in [-0.05, 0) is 42.9 Å². The van der Waals surface area contributed by atoms with Crippen LogP contribution < -0.4 is 0 Å². The van der Waals surface area contributed by atoms with Crippen LogP contribution in [0.25, 0.3) is 0 Å². The number of nitrogens with zero attached hydrogens (tertiary/aromatic N) is 2. The standard InChI is InChI=1S/C15H21ClN2O2/c1-3-15(4-2)7-8-17(11-15)10-12-9-13(18(19)20)5-6-14(12)16/h5-6,9H,3-4,7-8,10-11H2,1-2H3. The zero-order valence-electron chi connectivity index (χ0n) is 12.1. The number of hydrogen-bond acceptors (Lipinski definition) is 3. The summed E-state index contributed by atoms with van der Waals surface area (Å²) in [7, 11) is 0. The number of halogens is 1. The van der Waals surface area contributed by atoms with Crippen LogP contribution in [0.3, 0.4) is 0 Å². The average molecular weight is 297 g/mol. The summed E-state index contributed by atoms with van der Waals surface area (Å²) in [6.07, 6.45) is 3.57. The van der Waals surface area contributed by atoms with Crippen molar-refractivity contribution < 1.29 is 4.92 Å². The van der Waals surface area contributed by atoms with Gasteiger partial charge in [0.25, 0.3) is 5.69 Å². The van der Waals surface area contributed by atoms with Crippen LogP contribution in [0.15, 0.2) is 18.2 Å². The molecular weight excluding hydrogens is 276 g/mol. The van der Waals surface area contributed by atoms with Gasteiger partial charge < -0.3 is 0 Å². The summed E-state index contributed by atoms with van der Waals surface area (Å²) < 4.78 is 0. The molecule has 1 saturated heterocycles. The number of nitro benzene ring substituents is 1. The van der Waals surface area contributed by atoms with Crippen LogP contribution in [0.1, 0.15) is 38.7 Å². The Kier molecular flexibility index (Phi) is 4.66. The quantitative estimate of drug-likeness (QED) is 0.602. The van der Waals surface area contributed by atoms with Crippen molar-refractivity contribution >= 4 is 17.3 Å². The Morgan fingerprint density at radius 3 is 2.65 bits per heavy atom. The maximum absolute atomic E-state index is 10.8. The van der Waals surface area contributed by atoms with Crippen LogP contribution in [0.5, 0.6) is 0 Å². The molecule has 0 amide bonds. The molecule has 0 bridgehead atoms. The molecule has 1 heterocycles. The van der Waals surface area contributed by atoms with Crippen molar-refractivity contribution in [3.05, 3.63) is 38.9 Å². The van der Waals surface area contributed by atoms with Gasteiger partial charge >= 0.3 is 0 Å². The molecule has 0 unspecified atom stereocenters. The van der Waals surface area contributed by atoms with Gasteiger partial charge in [-0.25, -0.2) is 0 Å². The highest BCUT2D eigenvalue weighted by Gasteiger charge is 2.34. The second-order valence-corrected chi connectivity index (χ2v) is 6.11. The van der Waals surface area contributed by atoms with Crippen LogP contribution in [-0.2, 0) is 6.54 Å². The van der Waals surface area contributed by atoms with Gasteiger partial charge in [0.1, 0.15) is 0 Å². The van der Waals surface area contributed by atoms with Crippen LogP contribution >= 0.6 is 11.6 Å². The van der Waals surface area contributed by atoms with E-state index in [4.69, 9.17) is 11.6 Å². The molecule has 1 fully saturated rings. The van der Waals surface area contributed by atoms with E-state index in [9.17, 15) is 10.1 Å². The van der Waals surface area contributed by atoms with Gasteiger partial charge in [0.15, 0.2) is 0 Å². The maximum Gasteiger partial charge on any atom is 0.269 e. The van der Waals surface area contributed by atoms with Crippen LogP contribution in [-0.4, -0.2) is 22.9 Å². The Labute approximate surface area is 124 Å². The minimum absolute atomic E-state index is 0.112. The molecule has 0 spiro atoms. The SMILES string of the molecule is CCC1(CC)CCN(Cc2cc([N+](=O)[O-])ccc2Cl)C1. The molecule has 0 atom stereocenters. The van der Waals surface area contributed by atoms with E-state index >= 15 is 0 Å². The van der Waals surface area contributed by atoms with Gasteiger partial charge in [-0.1, -0.05) is 25.4 Å². The van der Waals surface area contributed by atoms with E-state index in [1.807, 2.05) is 0 Å². The Morgan fingerprint density at radius 2 is 2.10 bits per heavy atom. The van der Waals surface area contributed by atoms with E-state index in [2.05, 4.69) is 18.7 Å². The number of non-ortho nitro benzene ring substituents is 1. The fourth-order valence-corrected chi connectivity index (χ4v) is 3.20. The predicted octanol–water partition coefficient (Wildman–Crippen LogP) is 4.26. The third kappa shape index (κ3) is 3.13. The van der Waals surface area contributed by atoms with Crippen LogP contribution in [0.2, 0.25) is 5.02 Å². The zero-order valence-corrected chi connectivity index (χ0v) is 12.8.